The van der Waals surface area contributed by atoms with Gasteiger partial charge < -0.3 is 19.9 Å². The van der Waals surface area contributed by atoms with Crippen LogP contribution in [0.3, 0.4) is 0 Å². The van der Waals surface area contributed by atoms with Gasteiger partial charge in [-0.25, -0.2) is 0 Å². The number of rotatable bonds is 3. The van der Waals surface area contributed by atoms with Crippen molar-refractivity contribution in [3.8, 4) is 0 Å². The Bertz CT molecular complexity index is 1200. The summed E-state index contributed by atoms with van der Waals surface area (Å²) in [5.74, 6) is -2.30. The summed E-state index contributed by atoms with van der Waals surface area (Å²) in [5, 5.41) is 24.7. The minimum atomic E-state index is -1.37. The molecule has 1 saturated heterocycles. The molecule has 2 aromatic carbocycles. The second-order valence-electron chi connectivity index (χ2n) is 7.44. The van der Waals surface area contributed by atoms with Gasteiger partial charge in [0, 0.05) is 17.0 Å². The zero-order valence-corrected chi connectivity index (χ0v) is 19.2. The molecule has 29 heavy (non-hydrogen) atoms. The number of aliphatic hydroxyl groups excluding tert-OH is 1. The summed E-state index contributed by atoms with van der Waals surface area (Å²) < 4.78 is 0. The van der Waals surface area contributed by atoms with Crippen molar-refractivity contribution < 1.29 is 71.2 Å². The third kappa shape index (κ3) is 3.08. The largest absolute Gasteiger partial charge is 1.00 e. The minimum Gasteiger partial charge on any atom is -0.543 e. The number of fused-ring (bicyclic) bond motifs is 4. The summed E-state index contributed by atoms with van der Waals surface area (Å²) in [5.41, 5.74) is 2.03. The number of carboxylic acids is 1. The quantitative estimate of drug-likeness (QED) is 0.320. The summed E-state index contributed by atoms with van der Waals surface area (Å²) in [4.78, 5) is 30.0. The molecule has 140 valence electrons. The molecule has 1 fully saturated rings. The van der Waals surface area contributed by atoms with E-state index in [1.807, 2.05) is 48.7 Å². The number of nitrogens with zero attached hydrogens (tertiary/aromatic N) is 2. The molecule has 3 heterocycles. The number of aliphatic carboxylic acids is 1. The number of β-lactam (4-membered cyclic amide) rings is 1. The number of benzene rings is 2. The number of aromatic nitrogens is 1. The Labute approximate surface area is 209 Å². The van der Waals surface area contributed by atoms with Crippen molar-refractivity contribution >= 4 is 39.1 Å². The maximum Gasteiger partial charge on any atom is 1.00 e. The first-order valence-electron chi connectivity index (χ1n) is 9.21. The molecule has 5 rings (SSSR count). The molecular weight excluding hydrogens is 395 g/mol. The molecule has 1 amide bonds. The number of pyridine rings is 1. The van der Waals surface area contributed by atoms with Gasteiger partial charge in [-0.2, -0.15) is 0 Å². The fraction of sp³-hybridized carbons (Fsp3) is 0.227. The van der Waals surface area contributed by atoms with E-state index >= 15 is 0 Å². The van der Waals surface area contributed by atoms with Gasteiger partial charge in [-0.1, -0.05) is 30.3 Å². The Morgan fingerprint density at radius 3 is 2.72 bits per heavy atom. The summed E-state index contributed by atoms with van der Waals surface area (Å²) in [6, 6.07) is 13.2. The third-order valence-corrected chi connectivity index (χ3v) is 5.86. The maximum atomic E-state index is 12.4. The van der Waals surface area contributed by atoms with E-state index in [1.165, 1.54) is 4.90 Å². The van der Waals surface area contributed by atoms with Gasteiger partial charge in [0.2, 0.25) is 5.91 Å². The van der Waals surface area contributed by atoms with E-state index in [0.717, 1.165) is 27.2 Å². The number of hydrogen-bond donors (Lipinski definition) is 1. The second kappa shape index (κ2) is 7.57. The van der Waals surface area contributed by atoms with Crippen LogP contribution in [-0.2, 0) is 9.59 Å². The van der Waals surface area contributed by atoms with Crippen LogP contribution in [0.2, 0.25) is 0 Å². The predicted molar refractivity (Wildman–Crippen MR) is 102 cm³/mol. The number of amides is 1. The van der Waals surface area contributed by atoms with Gasteiger partial charge in [0.25, 0.3) is 0 Å². The van der Waals surface area contributed by atoms with Gasteiger partial charge in [-0.15, -0.1) is 0 Å². The van der Waals surface area contributed by atoms with Crippen LogP contribution in [0.1, 0.15) is 18.9 Å². The van der Waals surface area contributed by atoms with Crippen molar-refractivity contribution in [3.05, 3.63) is 59.9 Å². The Hall–Kier alpha value is -1.61. The molecule has 0 aliphatic carbocycles. The van der Waals surface area contributed by atoms with Gasteiger partial charge in [0.15, 0.2) is 0 Å². The van der Waals surface area contributed by atoms with Gasteiger partial charge in [-0.05, 0) is 42.0 Å². The molecule has 2 aliphatic heterocycles. The molecule has 3 atom stereocenters. The fourth-order valence-electron chi connectivity index (χ4n) is 4.56. The van der Waals surface area contributed by atoms with Crippen molar-refractivity contribution in [3.63, 3.8) is 0 Å². The van der Waals surface area contributed by atoms with Crippen LogP contribution in [0.25, 0.3) is 27.2 Å². The molecule has 7 heteroatoms. The van der Waals surface area contributed by atoms with E-state index < -0.39 is 18.0 Å². The van der Waals surface area contributed by atoms with Crippen LogP contribution in [0, 0.1) is 5.92 Å². The average molecular weight is 412 g/mol. The molecule has 3 aromatic rings. The SMILES string of the molecule is C[C@@H](O)[C@H]1C(=O)N2C(C(=O)[O-])=C(c3ccc4ncc5ccccc5c4c3)C[C@H]12.[K+]. The van der Waals surface area contributed by atoms with Crippen LogP contribution >= 0.6 is 0 Å². The number of carboxylic acid groups (broad SMARTS) is 1. The zero-order valence-electron chi connectivity index (χ0n) is 16.1. The zero-order chi connectivity index (χ0) is 19.6. The van der Waals surface area contributed by atoms with E-state index in [1.54, 1.807) is 6.92 Å². The first kappa shape index (κ1) is 20.7. The molecule has 6 nitrogen and oxygen atoms in total. The Morgan fingerprint density at radius 2 is 2.00 bits per heavy atom. The summed E-state index contributed by atoms with van der Waals surface area (Å²) in [7, 11) is 0. The Balaban J connectivity index is 0.00000205. The number of carbonyl (C=O) groups is 2. The van der Waals surface area contributed by atoms with Crippen molar-refractivity contribution in [1.82, 2.24) is 9.88 Å². The van der Waals surface area contributed by atoms with E-state index in [0.29, 0.717) is 12.0 Å². The summed E-state index contributed by atoms with van der Waals surface area (Å²) in [6.07, 6.45) is 1.38. The fourth-order valence-corrected chi connectivity index (χ4v) is 4.56. The van der Waals surface area contributed by atoms with Crippen LogP contribution in [0.5, 0.6) is 0 Å². The molecule has 1 aromatic heterocycles. The van der Waals surface area contributed by atoms with Crippen molar-refractivity contribution in [2.75, 3.05) is 0 Å². The van der Waals surface area contributed by atoms with Gasteiger partial charge in [0.1, 0.15) is 0 Å². The first-order valence-corrected chi connectivity index (χ1v) is 9.21. The van der Waals surface area contributed by atoms with E-state index in [4.69, 9.17) is 0 Å². The van der Waals surface area contributed by atoms with Crippen molar-refractivity contribution in [2.24, 2.45) is 5.92 Å². The van der Waals surface area contributed by atoms with E-state index in [-0.39, 0.29) is 69.0 Å². The summed E-state index contributed by atoms with van der Waals surface area (Å²) >= 11 is 0. The summed E-state index contributed by atoms with van der Waals surface area (Å²) in [6.45, 7) is 1.56. The van der Waals surface area contributed by atoms with Gasteiger partial charge >= 0.3 is 51.4 Å². The van der Waals surface area contributed by atoms with Gasteiger partial charge in [-0.3, -0.25) is 9.78 Å². The first-order chi connectivity index (χ1) is 13.5. The molecule has 0 radical (unpaired) electrons. The molecular formula is C22H17KN2O4. The standard InChI is InChI=1S/C22H18N2O4.K/c1-11(25)19-18-9-15(20(22(27)28)24(18)21(19)26)12-6-7-17-16(8-12)14-5-3-2-4-13(14)10-23-17;/h2-8,10-11,18-19,25H,9H2,1H3,(H,27,28);/q;+1/p-1/t11-,18-,19-;/m1./s1. The Morgan fingerprint density at radius 1 is 1.24 bits per heavy atom. The number of hydrogen-bond acceptors (Lipinski definition) is 5. The Kier molecular flexibility index (Phi) is 5.39. The smallest absolute Gasteiger partial charge is 0.543 e. The third-order valence-electron chi connectivity index (χ3n) is 5.86. The van der Waals surface area contributed by atoms with Crippen LogP contribution in [-0.4, -0.2) is 39.0 Å². The molecule has 0 saturated carbocycles. The molecule has 0 bridgehead atoms. The number of aliphatic hydroxyl groups is 1. The monoisotopic (exact) mass is 412 g/mol. The van der Waals surface area contributed by atoms with E-state index in [2.05, 4.69) is 4.98 Å². The molecule has 0 unspecified atom stereocenters. The van der Waals surface area contributed by atoms with Crippen molar-refractivity contribution in [1.29, 1.82) is 0 Å². The normalized spacial score (nSPS) is 21.7. The maximum absolute atomic E-state index is 12.4. The second-order valence-corrected chi connectivity index (χ2v) is 7.44. The van der Waals surface area contributed by atoms with Crippen LogP contribution < -0.4 is 56.5 Å². The average Bonchev–Trinajstić information content (AvgIpc) is 3.02. The molecule has 1 N–H and O–H groups in total. The molecule has 2 aliphatic rings. The van der Waals surface area contributed by atoms with E-state index in [9.17, 15) is 19.8 Å². The van der Waals surface area contributed by atoms with Gasteiger partial charge in [0.05, 0.1) is 35.2 Å². The predicted octanol–water partition coefficient (Wildman–Crippen LogP) is -1.54. The van der Waals surface area contributed by atoms with Crippen LogP contribution in [0.15, 0.2) is 54.4 Å². The van der Waals surface area contributed by atoms with Crippen molar-refractivity contribution in [2.45, 2.75) is 25.5 Å². The topological polar surface area (TPSA) is 93.6 Å². The minimum absolute atomic E-state index is 0. The number of carbonyl (C=O) groups excluding carboxylic acids is 2. The van der Waals surface area contributed by atoms with Crippen LogP contribution in [0.4, 0.5) is 0 Å². The molecule has 0 spiro atoms.